The van der Waals surface area contributed by atoms with Gasteiger partial charge in [-0.1, -0.05) is 0 Å². The molecule has 4 rings (SSSR count). The summed E-state index contributed by atoms with van der Waals surface area (Å²) in [6, 6.07) is 0. The fourth-order valence-corrected chi connectivity index (χ4v) is 4.16. The quantitative estimate of drug-likeness (QED) is 0.660. The van der Waals surface area contributed by atoms with Crippen LogP contribution < -0.4 is 5.73 Å². The molecular formula is C11H17NO. The Hall–Kier alpha value is -0.370. The largest absolute Gasteiger partial charge is 0.330 e. The molecule has 0 spiro atoms. The van der Waals surface area contributed by atoms with Crippen LogP contribution in [0.15, 0.2) is 0 Å². The standard InChI is InChI=1S/C11H17NO/c12-6-11-3-7-1-8(4-11)10(13)9(2-7)5-11/h7-9H,1-6,12H2. The molecule has 4 fully saturated rings. The highest BCUT2D eigenvalue weighted by Crippen LogP contribution is 2.57. The van der Waals surface area contributed by atoms with Gasteiger partial charge < -0.3 is 5.73 Å². The molecule has 2 atom stereocenters. The number of hydrogen-bond donors (Lipinski definition) is 1. The van der Waals surface area contributed by atoms with E-state index in [4.69, 9.17) is 5.73 Å². The topological polar surface area (TPSA) is 43.1 Å². The first-order valence-corrected chi connectivity index (χ1v) is 5.46. The maximum Gasteiger partial charge on any atom is 0.139 e. The van der Waals surface area contributed by atoms with Gasteiger partial charge in [0.1, 0.15) is 5.78 Å². The van der Waals surface area contributed by atoms with Crippen LogP contribution in [0.1, 0.15) is 32.1 Å². The Morgan fingerprint density at radius 3 is 2.38 bits per heavy atom. The Labute approximate surface area is 78.9 Å². The summed E-state index contributed by atoms with van der Waals surface area (Å²) < 4.78 is 0. The van der Waals surface area contributed by atoms with Crippen molar-refractivity contribution in [3.8, 4) is 0 Å². The second-order valence-corrected chi connectivity index (χ2v) is 5.45. The van der Waals surface area contributed by atoms with E-state index in [0.29, 0.717) is 23.0 Å². The van der Waals surface area contributed by atoms with Crippen LogP contribution in [0.25, 0.3) is 0 Å². The zero-order chi connectivity index (χ0) is 9.05. The highest BCUT2D eigenvalue weighted by Gasteiger charge is 2.54. The summed E-state index contributed by atoms with van der Waals surface area (Å²) >= 11 is 0. The molecule has 0 heterocycles. The lowest BCUT2D eigenvalue weighted by atomic mass is 9.49. The van der Waals surface area contributed by atoms with Crippen molar-refractivity contribution in [2.45, 2.75) is 32.1 Å². The molecule has 0 aliphatic heterocycles. The molecular weight excluding hydrogens is 162 g/mol. The van der Waals surface area contributed by atoms with Crippen LogP contribution >= 0.6 is 0 Å². The average Bonchev–Trinajstić information content (AvgIpc) is 2.13. The van der Waals surface area contributed by atoms with Crippen LogP contribution in [0, 0.1) is 23.2 Å². The maximum absolute atomic E-state index is 11.8. The summed E-state index contributed by atoms with van der Waals surface area (Å²) in [4.78, 5) is 11.8. The number of rotatable bonds is 1. The molecule has 0 aromatic heterocycles. The SMILES string of the molecule is NCC12CC3CC(C1)C(=O)C(C3)C2. The van der Waals surface area contributed by atoms with E-state index < -0.39 is 0 Å². The molecule has 0 aromatic carbocycles. The van der Waals surface area contributed by atoms with Gasteiger partial charge in [-0.05, 0) is 50.0 Å². The minimum atomic E-state index is 0.379. The highest BCUT2D eigenvalue weighted by molar-refractivity contribution is 5.85. The molecule has 2 unspecified atom stereocenters. The predicted molar refractivity (Wildman–Crippen MR) is 50.0 cm³/mol. The number of hydrogen-bond acceptors (Lipinski definition) is 2. The van der Waals surface area contributed by atoms with Gasteiger partial charge in [0.25, 0.3) is 0 Å². The molecule has 2 heteroatoms. The summed E-state index contributed by atoms with van der Waals surface area (Å²) in [6.45, 7) is 0.809. The third-order valence-corrected chi connectivity index (χ3v) is 4.55. The van der Waals surface area contributed by atoms with E-state index in [1.807, 2.05) is 0 Å². The number of Topliss-reactive ketones (excluding diaryl/α,β-unsaturated/α-hetero) is 1. The number of nitrogens with two attached hydrogens (primary N) is 1. The molecule has 0 aromatic rings. The van der Waals surface area contributed by atoms with Gasteiger partial charge in [0.15, 0.2) is 0 Å². The zero-order valence-corrected chi connectivity index (χ0v) is 7.96. The molecule has 4 aliphatic rings. The molecule has 72 valence electrons. The Kier molecular flexibility index (Phi) is 1.44. The second-order valence-electron chi connectivity index (χ2n) is 5.45. The number of carbonyl (C=O) groups excluding carboxylic acids is 1. The minimum absolute atomic E-state index is 0.379. The summed E-state index contributed by atoms with van der Waals surface area (Å²) in [5, 5.41) is 0. The summed E-state index contributed by atoms with van der Waals surface area (Å²) in [7, 11) is 0. The lowest BCUT2D eigenvalue weighted by Crippen LogP contribution is -2.53. The van der Waals surface area contributed by atoms with Gasteiger partial charge in [0.2, 0.25) is 0 Å². The zero-order valence-electron chi connectivity index (χ0n) is 7.96. The van der Waals surface area contributed by atoms with E-state index in [1.165, 1.54) is 19.3 Å². The number of carbonyl (C=O) groups is 1. The van der Waals surface area contributed by atoms with E-state index in [-0.39, 0.29) is 0 Å². The fourth-order valence-electron chi connectivity index (χ4n) is 4.16. The van der Waals surface area contributed by atoms with Crippen molar-refractivity contribution in [3.63, 3.8) is 0 Å². The summed E-state index contributed by atoms with van der Waals surface area (Å²) in [6.07, 6.45) is 5.88. The van der Waals surface area contributed by atoms with Crippen molar-refractivity contribution in [2.24, 2.45) is 28.9 Å². The molecule has 4 bridgehead atoms. The van der Waals surface area contributed by atoms with Crippen molar-refractivity contribution in [1.82, 2.24) is 0 Å². The van der Waals surface area contributed by atoms with Gasteiger partial charge in [-0.2, -0.15) is 0 Å². The third-order valence-electron chi connectivity index (χ3n) is 4.55. The van der Waals surface area contributed by atoms with Crippen molar-refractivity contribution in [3.05, 3.63) is 0 Å². The normalized spacial score (nSPS) is 53.0. The van der Waals surface area contributed by atoms with Crippen LogP contribution in [0.3, 0.4) is 0 Å². The molecule has 2 nitrogen and oxygen atoms in total. The smallest absolute Gasteiger partial charge is 0.139 e. The molecule has 0 radical (unpaired) electrons. The van der Waals surface area contributed by atoms with Gasteiger partial charge in [-0.25, -0.2) is 0 Å². The van der Waals surface area contributed by atoms with Crippen LogP contribution in [0.2, 0.25) is 0 Å². The van der Waals surface area contributed by atoms with E-state index in [1.54, 1.807) is 0 Å². The van der Waals surface area contributed by atoms with Crippen molar-refractivity contribution < 1.29 is 4.79 Å². The van der Waals surface area contributed by atoms with Gasteiger partial charge in [0.05, 0.1) is 0 Å². The Balaban J connectivity index is 1.96. The summed E-state index contributed by atoms with van der Waals surface area (Å²) in [5.41, 5.74) is 6.24. The molecule has 2 N–H and O–H groups in total. The van der Waals surface area contributed by atoms with Crippen LogP contribution in [-0.4, -0.2) is 12.3 Å². The van der Waals surface area contributed by atoms with E-state index in [0.717, 1.165) is 25.3 Å². The van der Waals surface area contributed by atoms with Crippen LogP contribution in [0.4, 0.5) is 0 Å². The van der Waals surface area contributed by atoms with Crippen molar-refractivity contribution in [2.75, 3.05) is 6.54 Å². The van der Waals surface area contributed by atoms with E-state index >= 15 is 0 Å². The van der Waals surface area contributed by atoms with Crippen molar-refractivity contribution in [1.29, 1.82) is 0 Å². The number of ketones is 1. The lowest BCUT2D eigenvalue weighted by molar-refractivity contribution is -0.146. The van der Waals surface area contributed by atoms with Gasteiger partial charge in [0, 0.05) is 11.8 Å². The van der Waals surface area contributed by atoms with Gasteiger partial charge >= 0.3 is 0 Å². The average molecular weight is 179 g/mol. The Morgan fingerprint density at radius 2 is 1.85 bits per heavy atom. The first-order valence-electron chi connectivity index (χ1n) is 5.46. The van der Waals surface area contributed by atoms with E-state index in [9.17, 15) is 4.79 Å². The molecule has 4 saturated carbocycles. The first-order chi connectivity index (χ1) is 6.22. The maximum atomic E-state index is 11.8. The Bertz CT molecular complexity index is 243. The third kappa shape index (κ3) is 0.954. The predicted octanol–water partition coefficient (Wildman–Crippen LogP) is 1.34. The second kappa shape index (κ2) is 2.35. The monoisotopic (exact) mass is 179 g/mol. The first kappa shape index (κ1) is 7.98. The summed E-state index contributed by atoms with van der Waals surface area (Å²) in [5.74, 6) is 2.20. The Morgan fingerprint density at radius 1 is 1.23 bits per heavy atom. The molecule has 0 amide bonds. The van der Waals surface area contributed by atoms with Crippen LogP contribution in [-0.2, 0) is 4.79 Å². The minimum Gasteiger partial charge on any atom is -0.330 e. The van der Waals surface area contributed by atoms with E-state index in [2.05, 4.69) is 0 Å². The van der Waals surface area contributed by atoms with Gasteiger partial charge in [-0.3, -0.25) is 4.79 Å². The van der Waals surface area contributed by atoms with Crippen molar-refractivity contribution >= 4 is 5.78 Å². The molecule has 4 aliphatic carbocycles. The molecule has 0 saturated heterocycles. The lowest BCUT2D eigenvalue weighted by Gasteiger charge is -2.55. The van der Waals surface area contributed by atoms with Crippen LogP contribution in [0.5, 0.6) is 0 Å². The highest BCUT2D eigenvalue weighted by atomic mass is 16.1. The molecule has 13 heavy (non-hydrogen) atoms. The van der Waals surface area contributed by atoms with Gasteiger partial charge in [-0.15, -0.1) is 0 Å². The fraction of sp³-hybridized carbons (Fsp3) is 0.909.